The highest BCUT2D eigenvalue weighted by Crippen LogP contribution is 2.16. The Morgan fingerprint density at radius 3 is 2.39 bits per heavy atom. The Labute approximate surface area is 135 Å². The van der Waals surface area contributed by atoms with Gasteiger partial charge in [0.25, 0.3) is 0 Å². The topological polar surface area (TPSA) is 76.1 Å². The lowest BCUT2D eigenvalue weighted by molar-refractivity contribution is -0.137. The van der Waals surface area contributed by atoms with Gasteiger partial charge in [-0.1, -0.05) is 0 Å². The molecule has 0 atom stereocenters. The average Bonchev–Trinajstić information content (AvgIpc) is 2.57. The van der Waals surface area contributed by atoms with E-state index in [4.69, 9.17) is 4.74 Å². The molecule has 0 aliphatic rings. The van der Waals surface area contributed by atoms with Crippen LogP contribution in [0.5, 0.6) is 0 Å². The standard InChI is InChI=1S/C17H20N4O2/c1-3-18-14-6-8-15(9-7-14)21-17-19-11-13(12-20-17)5-10-16(22)23-4-2/h5-12,18H,3-4H2,1-2H3,(H,19,20,21). The number of ether oxygens (including phenoxy) is 1. The zero-order valence-electron chi connectivity index (χ0n) is 13.2. The Kier molecular flexibility index (Phi) is 6.11. The molecule has 0 saturated carbocycles. The van der Waals surface area contributed by atoms with Crippen molar-refractivity contribution in [2.75, 3.05) is 23.8 Å². The van der Waals surface area contributed by atoms with Crippen LogP contribution < -0.4 is 10.6 Å². The largest absolute Gasteiger partial charge is 0.463 e. The van der Waals surface area contributed by atoms with E-state index in [2.05, 4.69) is 27.5 Å². The van der Waals surface area contributed by atoms with Crippen molar-refractivity contribution in [3.8, 4) is 0 Å². The average molecular weight is 312 g/mol. The maximum Gasteiger partial charge on any atom is 0.330 e. The van der Waals surface area contributed by atoms with Crippen LogP contribution in [-0.4, -0.2) is 29.1 Å². The van der Waals surface area contributed by atoms with Crippen molar-refractivity contribution in [3.05, 3.63) is 48.3 Å². The first-order valence-corrected chi connectivity index (χ1v) is 7.49. The van der Waals surface area contributed by atoms with E-state index >= 15 is 0 Å². The molecular formula is C17H20N4O2. The molecule has 2 N–H and O–H groups in total. The number of rotatable bonds is 7. The summed E-state index contributed by atoms with van der Waals surface area (Å²) in [6.07, 6.45) is 6.25. The van der Waals surface area contributed by atoms with Gasteiger partial charge in [0.2, 0.25) is 5.95 Å². The number of carbonyl (C=O) groups is 1. The molecule has 0 radical (unpaired) electrons. The third-order valence-corrected chi connectivity index (χ3v) is 2.89. The summed E-state index contributed by atoms with van der Waals surface area (Å²) >= 11 is 0. The van der Waals surface area contributed by atoms with E-state index in [9.17, 15) is 4.79 Å². The van der Waals surface area contributed by atoms with Gasteiger partial charge in [-0.25, -0.2) is 14.8 Å². The zero-order valence-corrected chi connectivity index (χ0v) is 13.2. The molecule has 120 valence electrons. The SMILES string of the molecule is CCNc1ccc(Nc2ncc(C=CC(=O)OCC)cn2)cc1. The molecule has 23 heavy (non-hydrogen) atoms. The lowest BCUT2D eigenvalue weighted by atomic mass is 10.3. The minimum absolute atomic E-state index is 0.356. The van der Waals surface area contributed by atoms with Crippen LogP contribution in [0.2, 0.25) is 0 Å². The molecule has 0 fully saturated rings. The van der Waals surface area contributed by atoms with Crippen LogP contribution in [0.15, 0.2) is 42.7 Å². The Morgan fingerprint density at radius 1 is 1.13 bits per heavy atom. The third-order valence-electron chi connectivity index (χ3n) is 2.89. The summed E-state index contributed by atoms with van der Waals surface area (Å²) in [6.45, 7) is 5.06. The van der Waals surface area contributed by atoms with Crippen molar-refractivity contribution in [3.63, 3.8) is 0 Å². The Hall–Kier alpha value is -2.89. The molecule has 2 rings (SSSR count). The van der Waals surface area contributed by atoms with Crippen LogP contribution in [0.4, 0.5) is 17.3 Å². The van der Waals surface area contributed by atoms with Gasteiger partial charge in [0.1, 0.15) is 0 Å². The summed E-state index contributed by atoms with van der Waals surface area (Å²) in [7, 11) is 0. The predicted molar refractivity (Wildman–Crippen MR) is 91.6 cm³/mol. The van der Waals surface area contributed by atoms with Crippen LogP contribution in [0, 0.1) is 0 Å². The Bertz CT molecular complexity index is 651. The van der Waals surface area contributed by atoms with Crippen molar-refractivity contribution < 1.29 is 9.53 Å². The number of anilines is 3. The molecule has 1 aromatic heterocycles. The molecule has 0 aliphatic heterocycles. The molecule has 0 spiro atoms. The fourth-order valence-corrected chi connectivity index (χ4v) is 1.85. The molecule has 0 unspecified atom stereocenters. The second kappa shape index (κ2) is 8.53. The van der Waals surface area contributed by atoms with E-state index in [1.165, 1.54) is 6.08 Å². The van der Waals surface area contributed by atoms with Crippen molar-refractivity contribution in [2.24, 2.45) is 0 Å². The third kappa shape index (κ3) is 5.43. The van der Waals surface area contributed by atoms with Gasteiger partial charge in [0.05, 0.1) is 6.61 Å². The molecular weight excluding hydrogens is 292 g/mol. The summed E-state index contributed by atoms with van der Waals surface area (Å²) < 4.78 is 4.81. The summed E-state index contributed by atoms with van der Waals surface area (Å²) in [4.78, 5) is 19.7. The van der Waals surface area contributed by atoms with Crippen LogP contribution in [0.25, 0.3) is 6.08 Å². The summed E-state index contributed by atoms with van der Waals surface area (Å²) in [6, 6.07) is 7.89. The molecule has 2 aromatic rings. The predicted octanol–water partition coefficient (Wildman–Crippen LogP) is 3.23. The minimum Gasteiger partial charge on any atom is -0.463 e. The van der Waals surface area contributed by atoms with E-state index in [0.717, 1.165) is 23.5 Å². The molecule has 0 saturated heterocycles. The monoisotopic (exact) mass is 312 g/mol. The maximum absolute atomic E-state index is 11.2. The van der Waals surface area contributed by atoms with Crippen molar-refractivity contribution >= 4 is 29.4 Å². The molecule has 6 heteroatoms. The van der Waals surface area contributed by atoms with Gasteiger partial charge < -0.3 is 15.4 Å². The number of hydrogen-bond acceptors (Lipinski definition) is 6. The van der Waals surface area contributed by atoms with Crippen molar-refractivity contribution in [2.45, 2.75) is 13.8 Å². The maximum atomic E-state index is 11.2. The van der Waals surface area contributed by atoms with Gasteiger partial charge in [-0.3, -0.25) is 0 Å². The number of esters is 1. The van der Waals surface area contributed by atoms with Gasteiger partial charge >= 0.3 is 5.97 Å². The molecule has 0 amide bonds. The zero-order chi connectivity index (χ0) is 16.5. The molecule has 0 bridgehead atoms. The smallest absolute Gasteiger partial charge is 0.330 e. The Morgan fingerprint density at radius 2 is 1.78 bits per heavy atom. The number of benzene rings is 1. The highest BCUT2D eigenvalue weighted by molar-refractivity contribution is 5.86. The first-order chi connectivity index (χ1) is 11.2. The highest BCUT2D eigenvalue weighted by Gasteiger charge is 1.99. The molecule has 1 heterocycles. The van der Waals surface area contributed by atoms with Crippen molar-refractivity contribution in [1.82, 2.24) is 9.97 Å². The first-order valence-electron chi connectivity index (χ1n) is 7.49. The van der Waals surface area contributed by atoms with Gasteiger partial charge in [-0.2, -0.15) is 0 Å². The second-order valence-electron chi connectivity index (χ2n) is 4.66. The lowest BCUT2D eigenvalue weighted by Crippen LogP contribution is -1.99. The fourth-order valence-electron chi connectivity index (χ4n) is 1.85. The molecule has 6 nitrogen and oxygen atoms in total. The number of aromatic nitrogens is 2. The van der Waals surface area contributed by atoms with Gasteiger partial charge in [0.15, 0.2) is 0 Å². The van der Waals surface area contributed by atoms with E-state index in [0.29, 0.717) is 12.6 Å². The van der Waals surface area contributed by atoms with Crippen LogP contribution in [0.3, 0.4) is 0 Å². The van der Waals surface area contributed by atoms with E-state index in [1.807, 2.05) is 24.3 Å². The van der Waals surface area contributed by atoms with E-state index in [1.54, 1.807) is 25.4 Å². The highest BCUT2D eigenvalue weighted by atomic mass is 16.5. The minimum atomic E-state index is -0.379. The van der Waals surface area contributed by atoms with Gasteiger partial charge in [-0.15, -0.1) is 0 Å². The van der Waals surface area contributed by atoms with E-state index in [-0.39, 0.29) is 5.97 Å². The molecule has 0 aliphatic carbocycles. The second-order valence-corrected chi connectivity index (χ2v) is 4.66. The molecule has 1 aromatic carbocycles. The number of nitrogens with one attached hydrogen (secondary N) is 2. The van der Waals surface area contributed by atoms with Crippen LogP contribution in [0.1, 0.15) is 19.4 Å². The van der Waals surface area contributed by atoms with Crippen LogP contribution in [-0.2, 0) is 9.53 Å². The van der Waals surface area contributed by atoms with Gasteiger partial charge in [0, 0.05) is 42.0 Å². The lowest BCUT2D eigenvalue weighted by Gasteiger charge is -2.07. The first kappa shape index (κ1) is 16.5. The summed E-state index contributed by atoms with van der Waals surface area (Å²) in [5, 5.41) is 6.35. The number of nitrogens with zero attached hydrogens (tertiary/aromatic N) is 2. The van der Waals surface area contributed by atoms with E-state index < -0.39 is 0 Å². The summed E-state index contributed by atoms with van der Waals surface area (Å²) in [5.41, 5.74) is 2.70. The number of carbonyl (C=O) groups excluding carboxylic acids is 1. The quantitative estimate of drug-likeness (QED) is 0.604. The van der Waals surface area contributed by atoms with Crippen LogP contribution >= 0.6 is 0 Å². The fraction of sp³-hybridized carbons (Fsp3) is 0.235. The number of hydrogen-bond donors (Lipinski definition) is 2. The van der Waals surface area contributed by atoms with Gasteiger partial charge in [-0.05, 0) is 44.2 Å². The van der Waals surface area contributed by atoms with Crippen molar-refractivity contribution in [1.29, 1.82) is 0 Å². The summed E-state index contributed by atoms with van der Waals surface area (Å²) in [5.74, 6) is 0.116. The Balaban J connectivity index is 1.95. The normalized spacial score (nSPS) is 10.5.